The predicted octanol–water partition coefficient (Wildman–Crippen LogP) is 3.72. The van der Waals surface area contributed by atoms with Gasteiger partial charge in [0.25, 0.3) is 11.5 Å². The van der Waals surface area contributed by atoms with Crippen LogP contribution in [-0.4, -0.2) is 57.4 Å². The summed E-state index contributed by atoms with van der Waals surface area (Å²) in [6.45, 7) is 2.04. The minimum absolute atomic E-state index is 0.137. The fourth-order valence-corrected chi connectivity index (χ4v) is 6.15. The zero-order valence-corrected chi connectivity index (χ0v) is 22.4. The average molecular weight is 555 g/mol. The first-order valence-electron chi connectivity index (χ1n) is 12.8. The van der Waals surface area contributed by atoms with E-state index < -0.39 is 6.04 Å². The molecule has 0 aliphatic carbocycles. The third kappa shape index (κ3) is 4.93. The minimum atomic E-state index is -0.602. The number of carbonyl (C=O) groups excluding carboxylic acids is 2. The number of carbonyl (C=O) groups is 2. The van der Waals surface area contributed by atoms with Gasteiger partial charge in [0, 0.05) is 0 Å². The van der Waals surface area contributed by atoms with Gasteiger partial charge in [-0.3, -0.25) is 14.4 Å². The number of hydrogen-bond acceptors (Lipinski definition) is 7. The number of fused-ring (bicyclic) bond motifs is 2. The third-order valence-corrected chi connectivity index (χ3v) is 8.19. The van der Waals surface area contributed by atoms with E-state index in [0.29, 0.717) is 33.8 Å². The number of hydrogen-bond donors (Lipinski definition) is 2. The van der Waals surface area contributed by atoms with Crippen LogP contribution >= 0.6 is 11.8 Å². The molecule has 3 atom stereocenters. The molecule has 3 unspecified atom stereocenters. The van der Waals surface area contributed by atoms with E-state index in [1.54, 1.807) is 35.2 Å². The minimum Gasteiger partial charge on any atom is -0.488 e. The topological polar surface area (TPSA) is 114 Å². The van der Waals surface area contributed by atoms with Crippen LogP contribution < -0.4 is 20.3 Å². The largest absolute Gasteiger partial charge is 0.488 e. The van der Waals surface area contributed by atoms with Gasteiger partial charge in [0.05, 0.1) is 22.5 Å². The first kappa shape index (κ1) is 25.7. The van der Waals surface area contributed by atoms with E-state index >= 15 is 0 Å². The molecule has 0 radical (unpaired) electrons. The zero-order valence-electron chi connectivity index (χ0n) is 21.6. The summed E-state index contributed by atoms with van der Waals surface area (Å²) in [6, 6.07) is 22.8. The number of aromatic nitrogens is 2. The summed E-state index contributed by atoms with van der Waals surface area (Å²) in [7, 11) is 0. The average Bonchev–Trinajstić information content (AvgIpc) is 2.98. The van der Waals surface area contributed by atoms with Crippen molar-refractivity contribution in [3.8, 4) is 22.9 Å². The molecule has 1 saturated heterocycles. The number of para-hydroxylation sites is 3. The van der Waals surface area contributed by atoms with Gasteiger partial charge in [0.2, 0.25) is 5.91 Å². The summed E-state index contributed by atoms with van der Waals surface area (Å²) >= 11 is 1.48. The fourth-order valence-electron chi connectivity index (χ4n) is 4.81. The van der Waals surface area contributed by atoms with Gasteiger partial charge in [0.1, 0.15) is 35.3 Å². The lowest BCUT2D eigenvalue weighted by atomic mass is 9.99. The smallest absolute Gasteiger partial charge is 0.259 e. The molecule has 2 N–H and O–H groups in total. The number of H-pyrrole nitrogens is 1. The maximum Gasteiger partial charge on any atom is 0.259 e. The van der Waals surface area contributed by atoms with E-state index in [1.165, 1.54) is 11.8 Å². The monoisotopic (exact) mass is 554 g/mol. The van der Waals surface area contributed by atoms with Crippen molar-refractivity contribution < 1.29 is 19.1 Å². The van der Waals surface area contributed by atoms with Gasteiger partial charge < -0.3 is 24.7 Å². The van der Waals surface area contributed by atoms with Gasteiger partial charge in [-0.05, 0) is 54.3 Å². The van der Waals surface area contributed by atoms with Crippen molar-refractivity contribution in [1.29, 1.82) is 0 Å². The number of rotatable bonds is 8. The molecule has 0 bridgehead atoms. The summed E-state index contributed by atoms with van der Waals surface area (Å²) in [6.07, 6.45) is 0. The summed E-state index contributed by atoms with van der Waals surface area (Å²) in [5.74, 6) is 1.11. The van der Waals surface area contributed by atoms with Crippen molar-refractivity contribution in [2.75, 3.05) is 13.2 Å². The Morgan fingerprint density at radius 2 is 1.75 bits per heavy atom. The van der Waals surface area contributed by atoms with Crippen molar-refractivity contribution in [1.82, 2.24) is 20.2 Å². The van der Waals surface area contributed by atoms with Crippen LogP contribution in [0.5, 0.6) is 11.5 Å². The van der Waals surface area contributed by atoms with Crippen LogP contribution in [0.25, 0.3) is 22.3 Å². The Morgan fingerprint density at radius 3 is 2.60 bits per heavy atom. The van der Waals surface area contributed by atoms with E-state index in [9.17, 15) is 14.4 Å². The van der Waals surface area contributed by atoms with Crippen LogP contribution in [0.1, 0.15) is 6.92 Å². The second kappa shape index (κ2) is 10.9. The maximum atomic E-state index is 13.0. The Morgan fingerprint density at radius 1 is 1.00 bits per heavy atom. The first-order chi connectivity index (χ1) is 19.5. The Labute approximate surface area is 234 Å². The number of amides is 2. The molecule has 2 amide bonds. The molecule has 3 aromatic carbocycles. The van der Waals surface area contributed by atoms with Crippen molar-refractivity contribution in [2.45, 2.75) is 24.4 Å². The molecule has 202 valence electrons. The highest BCUT2D eigenvalue weighted by Gasteiger charge is 2.52. The van der Waals surface area contributed by atoms with E-state index in [1.807, 2.05) is 60.9 Å². The quantitative estimate of drug-likeness (QED) is 0.319. The van der Waals surface area contributed by atoms with E-state index in [4.69, 9.17) is 9.47 Å². The van der Waals surface area contributed by atoms with Gasteiger partial charge in [0.15, 0.2) is 6.61 Å². The number of thioether (sulfide) groups is 1. The first-order valence-corrected chi connectivity index (χ1v) is 13.8. The highest BCUT2D eigenvalue weighted by Crippen LogP contribution is 2.40. The zero-order chi connectivity index (χ0) is 27.6. The molecule has 40 heavy (non-hydrogen) atoms. The normalized spacial score (nSPS) is 19.8. The van der Waals surface area contributed by atoms with Crippen LogP contribution in [0.4, 0.5) is 0 Å². The molecule has 0 spiro atoms. The highest BCUT2D eigenvalue weighted by atomic mass is 32.2. The molecular weight excluding hydrogens is 528 g/mol. The van der Waals surface area contributed by atoms with Gasteiger partial charge in [-0.1, -0.05) is 42.5 Å². The maximum absolute atomic E-state index is 13.0. The molecule has 4 aromatic rings. The van der Waals surface area contributed by atoms with Crippen molar-refractivity contribution >= 4 is 34.5 Å². The van der Waals surface area contributed by atoms with Crippen molar-refractivity contribution in [3.05, 3.63) is 100 Å². The van der Waals surface area contributed by atoms with Crippen LogP contribution in [0.3, 0.4) is 0 Å². The molecule has 10 heteroatoms. The Kier molecular flexibility index (Phi) is 7.00. The molecule has 3 heterocycles. The van der Waals surface area contributed by atoms with Crippen LogP contribution in [0, 0.1) is 0 Å². The van der Waals surface area contributed by atoms with Crippen LogP contribution in [-0.2, 0) is 9.59 Å². The van der Waals surface area contributed by atoms with Gasteiger partial charge in [-0.15, -0.1) is 11.8 Å². The molecule has 6 rings (SSSR count). The summed E-state index contributed by atoms with van der Waals surface area (Å²) in [5, 5.41) is 5.13. The van der Waals surface area contributed by atoms with Gasteiger partial charge in [-0.2, -0.15) is 0 Å². The van der Waals surface area contributed by atoms with E-state index in [-0.39, 0.29) is 42.0 Å². The number of β-lactam (4-membered cyclic amide) rings is 1. The molecular formula is C30H26N4O5S. The second-order valence-corrected chi connectivity index (χ2v) is 10.5. The van der Waals surface area contributed by atoms with Crippen molar-refractivity contribution in [3.63, 3.8) is 0 Å². The van der Waals surface area contributed by atoms with E-state index in [0.717, 1.165) is 5.57 Å². The lowest BCUT2D eigenvalue weighted by molar-refractivity contribution is -0.151. The van der Waals surface area contributed by atoms with Crippen LogP contribution in [0.2, 0.25) is 0 Å². The second-order valence-electron chi connectivity index (χ2n) is 9.50. The number of aromatic amines is 1. The SMILES string of the molecule is CC1C(COc2ccccc2-c2nc3ccccc3c(=O)[nH]2)=CSC2C(NC(=O)COc3ccccc3)C(=O)N12. The molecule has 9 nitrogen and oxygen atoms in total. The lowest BCUT2D eigenvalue weighted by Gasteiger charge is -2.52. The number of nitrogens with one attached hydrogen (secondary N) is 2. The summed E-state index contributed by atoms with van der Waals surface area (Å²) < 4.78 is 11.7. The molecule has 2 aliphatic heterocycles. The molecule has 0 saturated carbocycles. The standard InChI is InChI=1S/C30H26N4O5S/c1-18-19(17-40-30-26(29(37)34(18)30)32-25(35)16-38-20-9-3-2-4-10-20)15-39-24-14-8-6-12-22(24)27-31-23-13-7-5-11-21(23)28(36)33-27/h2-14,17-18,26,30H,15-16H2,1H3,(H,32,35)(H,31,33,36). The fraction of sp³-hybridized carbons (Fsp3) is 0.200. The Balaban J connectivity index is 1.11. The number of nitrogens with zero attached hydrogens (tertiary/aromatic N) is 2. The summed E-state index contributed by atoms with van der Waals surface area (Å²) in [5.41, 5.74) is 1.99. The highest BCUT2D eigenvalue weighted by molar-refractivity contribution is 8.02. The molecule has 1 aromatic heterocycles. The van der Waals surface area contributed by atoms with Crippen molar-refractivity contribution in [2.24, 2.45) is 0 Å². The number of benzene rings is 3. The van der Waals surface area contributed by atoms with Crippen LogP contribution in [0.15, 0.2) is 94.6 Å². The summed E-state index contributed by atoms with van der Waals surface area (Å²) in [4.78, 5) is 47.2. The van der Waals surface area contributed by atoms with E-state index in [2.05, 4.69) is 15.3 Å². The van der Waals surface area contributed by atoms with Gasteiger partial charge >= 0.3 is 0 Å². The molecule has 1 fully saturated rings. The van der Waals surface area contributed by atoms with Gasteiger partial charge in [-0.25, -0.2) is 4.98 Å². The number of ether oxygens (including phenoxy) is 2. The molecule has 2 aliphatic rings. The lowest BCUT2D eigenvalue weighted by Crippen LogP contribution is -2.72. The Bertz CT molecular complexity index is 1670. The Hall–Kier alpha value is -4.57. The predicted molar refractivity (Wildman–Crippen MR) is 153 cm³/mol. The third-order valence-electron chi connectivity index (χ3n) is 6.97.